The summed E-state index contributed by atoms with van der Waals surface area (Å²) in [5.41, 5.74) is 10.0. The number of halogens is 3. The molecule has 0 saturated carbocycles. The number of primary amides is 1. The van der Waals surface area contributed by atoms with Crippen molar-refractivity contribution in [1.82, 2.24) is 0 Å². The highest BCUT2D eigenvalue weighted by molar-refractivity contribution is 6.03. The summed E-state index contributed by atoms with van der Waals surface area (Å²) < 4.78 is 43.4. The minimum Gasteiger partial charge on any atom is -0.479 e. The second-order valence-electron chi connectivity index (χ2n) is 4.90. The molecule has 0 aliphatic carbocycles. The lowest BCUT2D eigenvalue weighted by Crippen LogP contribution is -2.48. The molecule has 0 aromatic heterocycles. The molecule has 0 fully saturated rings. The van der Waals surface area contributed by atoms with E-state index in [2.05, 4.69) is 0 Å². The number of hydrogen-bond acceptors (Lipinski definition) is 4. The van der Waals surface area contributed by atoms with Crippen LogP contribution in [0.25, 0.3) is 0 Å². The number of ether oxygens (including phenoxy) is 1. The molecule has 1 heterocycles. The van der Waals surface area contributed by atoms with E-state index in [4.69, 9.17) is 16.2 Å². The first-order chi connectivity index (χ1) is 10.1. The predicted molar refractivity (Wildman–Crippen MR) is 71.1 cm³/mol. The SMILES string of the molecule is CC1Oc2ccc(C(N)C(F)(F)F)cc2N(CC(N)=O)C1=O. The lowest BCUT2D eigenvalue weighted by atomic mass is 10.0. The van der Waals surface area contributed by atoms with Crippen molar-refractivity contribution >= 4 is 17.5 Å². The van der Waals surface area contributed by atoms with Crippen LogP contribution in [0.4, 0.5) is 18.9 Å². The van der Waals surface area contributed by atoms with Gasteiger partial charge in [0.1, 0.15) is 18.3 Å². The maximum atomic E-state index is 12.7. The van der Waals surface area contributed by atoms with Gasteiger partial charge in [-0.05, 0) is 24.6 Å². The zero-order chi connectivity index (χ0) is 16.7. The molecule has 2 atom stereocenters. The summed E-state index contributed by atoms with van der Waals surface area (Å²) in [6.45, 7) is 1.01. The average molecular weight is 317 g/mol. The molecule has 1 aliphatic heterocycles. The third-order valence-corrected chi connectivity index (χ3v) is 3.22. The van der Waals surface area contributed by atoms with Gasteiger partial charge in [-0.3, -0.25) is 14.5 Å². The van der Waals surface area contributed by atoms with E-state index in [0.717, 1.165) is 11.0 Å². The van der Waals surface area contributed by atoms with Crippen molar-refractivity contribution in [1.29, 1.82) is 0 Å². The highest BCUT2D eigenvalue weighted by atomic mass is 19.4. The normalized spacial score (nSPS) is 19.4. The Morgan fingerprint density at radius 1 is 1.45 bits per heavy atom. The van der Waals surface area contributed by atoms with Crippen molar-refractivity contribution in [3.8, 4) is 5.75 Å². The van der Waals surface area contributed by atoms with Gasteiger partial charge in [-0.2, -0.15) is 13.2 Å². The number of carbonyl (C=O) groups is 2. The van der Waals surface area contributed by atoms with Gasteiger partial charge in [0.25, 0.3) is 5.91 Å². The Balaban J connectivity index is 2.47. The topological polar surface area (TPSA) is 98.7 Å². The summed E-state index contributed by atoms with van der Waals surface area (Å²) in [7, 11) is 0. The second-order valence-corrected chi connectivity index (χ2v) is 4.90. The van der Waals surface area contributed by atoms with Gasteiger partial charge in [0.2, 0.25) is 5.91 Å². The molecule has 1 aromatic rings. The molecule has 1 aromatic carbocycles. The number of carbonyl (C=O) groups excluding carboxylic acids is 2. The highest BCUT2D eigenvalue weighted by Crippen LogP contribution is 2.38. The van der Waals surface area contributed by atoms with Crippen LogP contribution in [-0.2, 0) is 9.59 Å². The smallest absolute Gasteiger partial charge is 0.407 e. The molecule has 0 spiro atoms. The van der Waals surface area contributed by atoms with Crippen molar-refractivity contribution in [2.75, 3.05) is 11.4 Å². The van der Waals surface area contributed by atoms with E-state index in [1.807, 2.05) is 0 Å². The van der Waals surface area contributed by atoms with Gasteiger partial charge in [0.05, 0.1) is 5.69 Å². The van der Waals surface area contributed by atoms with E-state index < -0.39 is 36.7 Å². The number of fused-ring (bicyclic) bond motifs is 1. The monoisotopic (exact) mass is 317 g/mol. The molecule has 22 heavy (non-hydrogen) atoms. The number of anilines is 1. The van der Waals surface area contributed by atoms with E-state index in [9.17, 15) is 22.8 Å². The molecule has 0 saturated heterocycles. The van der Waals surface area contributed by atoms with Crippen LogP contribution in [0.1, 0.15) is 18.5 Å². The molecule has 2 rings (SSSR count). The summed E-state index contributed by atoms with van der Waals surface area (Å²) in [5, 5.41) is 0. The highest BCUT2D eigenvalue weighted by Gasteiger charge is 2.39. The fourth-order valence-corrected chi connectivity index (χ4v) is 2.13. The third kappa shape index (κ3) is 2.98. The minimum atomic E-state index is -4.63. The zero-order valence-corrected chi connectivity index (χ0v) is 11.6. The molecule has 2 amide bonds. The second kappa shape index (κ2) is 5.48. The van der Waals surface area contributed by atoms with Gasteiger partial charge >= 0.3 is 6.18 Å². The van der Waals surface area contributed by atoms with Gasteiger partial charge in [0.15, 0.2) is 6.10 Å². The van der Waals surface area contributed by atoms with Gasteiger partial charge in [-0.25, -0.2) is 0 Å². The van der Waals surface area contributed by atoms with E-state index >= 15 is 0 Å². The predicted octanol–water partition coefficient (Wildman–Crippen LogP) is 0.848. The van der Waals surface area contributed by atoms with E-state index in [1.54, 1.807) is 0 Å². The number of benzene rings is 1. The van der Waals surface area contributed by atoms with Crippen LogP contribution < -0.4 is 21.1 Å². The Hall–Kier alpha value is -2.29. The van der Waals surface area contributed by atoms with Crippen LogP contribution in [0.2, 0.25) is 0 Å². The molecular formula is C13H14F3N3O3. The van der Waals surface area contributed by atoms with Crippen molar-refractivity contribution < 1.29 is 27.5 Å². The molecule has 4 N–H and O–H groups in total. The molecule has 2 unspecified atom stereocenters. The van der Waals surface area contributed by atoms with Crippen LogP contribution in [0.15, 0.2) is 18.2 Å². The van der Waals surface area contributed by atoms with Crippen molar-refractivity contribution in [3.05, 3.63) is 23.8 Å². The molecule has 0 bridgehead atoms. The lowest BCUT2D eigenvalue weighted by molar-refractivity contribution is -0.149. The quantitative estimate of drug-likeness (QED) is 0.863. The Morgan fingerprint density at radius 2 is 2.09 bits per heavy atom. The molecular weight excluding hydrogens is 303 g/mol. The maximum absolute atomic E-state index is 12.7. The molecule has 0 radical (unpaired) electrons. The summed E-state index contributed by atoms with van der Waals surface area (Å²) in [6.07, 6.45) is -5.50. The first-order valence-electron chi connectivity index (χ1n) is 6.34. The Bertz CT molecular complexity index is 618. The Kier molecular flexibility index (Phi) is 4.01. The van der Waals surface area contributed by atoms with Crippen molar-refractivity contribution in [2.24, 2.45) is 11.5 Å². The summed E-state index contributed by atoms with van der Waals surface area (Å²) in [5.74, 6) is -1.17. The van der Waals surface area contributed by atoms with E-state index in [1.165, 1.54) is 19.1 Å². The number of hydrogen-bond donors (Lipinski definition) is 2. The minimum absolute atomic E-state index is 0.0408. The Labute approximate surface area is 123 Å². The standard InChI is InChI=1S/C13H14F3N3O3/c1-6-12(21)19(5-10(17)20)8-4-7(2-3-9(8)22-6)11(18)13(14,15)16/h2-4,6,11H,5,18H2,1H3,(H2,17,20). The molecule has 9 heteroatoms. The maximum Gasteiger partial charge on any atom is 0.407 e. The summed E-state index contributed by atoms with van der Waals surface area (Å²) >= 11 is 0. The lowest BCUT2D eigenvalue weighted by Gasteiger charge is -2.33. The number of amides is 2. The Morgan fingerprint density at radius 3 is 2.64 bits per heavy atom. The van der Waals surface area contributed by atoms with Crippen LogP contribution in [0.3, 0.4) is 0 Å². The number of nitrogens with zero attached hydrogens (tertiary/aromatic N) is 1. The van der Waals surface area contributed by atoms with Crippen LogP contribution in [0.5, 0.6) is 5.75 Å². The van der Waals surface area contributed by atoms with E-state index in [0.29, 0.717) is 0 Å². The number of alkyl halides is 3. The molecule has 1 aliphatic rings. The number of rotatable bonds is 3. The first kappa shape index (κ1) is 16.1. The van der Waals surface area contributed by atoms with Gasteiger partial charge < -0.3 is 16.2 Å². The van der Waals surface area contributed by atoms with Crippen LogP contribution >= 0.6 is 0 Å². The third-order valence-electron chi connectivity index (χ3n) is 3.22. The summed E-state index contributed by atoms with van der Waals surface area (Å²) in [4.78, 5) is 24.1. The molecule has 120 valence electrons. The average Bonchev–Trinajstić information content (AvgIpc) is 2.41. The fraction of sp³-hybridized carbons (Fsp3) is 0.385. The first-order valence-corrected chi connectivity index (χ1v) is 6.34. The largest absolute Gasteiger partial charge is 0.479 e. The zero-order valence-electron chi connectivity index (χ0n) is 11.6. The fourth-order valence-electron chi connectivity index (χ4n) is 2.13. The van der Waals surface area contributed by atoms with Crippen LogP contribution in [0, 0.1) is 0 Å². The van der Waals surface area contributed by atoms with Gasteiger partial charge in [-0.1, -0.05) is 6.07 Å². The van der Waals surface area contributed by atoms with E-state index in [-0.39, 0.29) is 17.0 Å². The summed E-state index contributed by atoms with van der Waals surface area (Å²) in [6, 6.07) is 1.33. The van der Waals surface area contributed by atoms with Crippen LogP contribution in [-0.4, -0.2) is 30.6 Å². The van der Waals surface area contributed by atoms with Gasteiger partial charge in [0, 0.05) is 0 Å². The number of nitrogens with two attached hydrogens (primary N) is 2. The van der Waals surface area contributed by atoms with Gasteiger partial charge in [-0.15, -0.1) is 0 Å². The van der Waals surface area contributed by atoms with Crippen molar-refractivity contribution in [2.45, 2.75) is 25.2 Å². The molecule has 6 nitrogen and oxygen atoms in total. The van der Waals surface area contributed by atoms with Crippen molar-refractivity contribution in [3.63, 3.8) is 0 Å².